The summed E-state index contributed by atoms with van der Waals surface area (Å²) >= 11 is 0.772. The van der Waals surface area contributed by atoms with Crippen molar-refractivity contribution < 1.29 is 23.4 Å². The number of rotatable bonds is 3. The summed E-state index contributed by atoms with van der Waals surface area (Å²) in [6, 6.07) is 2.65. The van der Waals surface area contributed by atoms with Crippen LogP contribution in [0.3, 0.4) is 0 Å². The van der Waals surface area contributed by atoms with Gasteiger partial charge in [-0.15, -0.1) is 11.3 Å². The smallest absolute Gasteiger partial charge is 0.345 e. The Labute approximate surface area is 120 Å². The van der Waals surface area contributed by atoms with Crippen molar-refractivity contribution in [2.75, 3.05) is 13.1 Å². The van der Waals surface area contributed by atoms with E-state index in [1.807, 2.05) is 0 Å². The lowest BCUT2D eigenvalue weighted by atomic mass is 10.00. The molecule has 1 saturated carbocycles. The van der Waals surface area contributed by atoms with Crippen molar-refractivity contribution in [3.8, 4) is 0 Å². The largest absolute Gasteiger partial charge is 0.477 e. The van der Waals surface area contributed by atoms with Crippen LogP contribution in [-0.2, 0) is 10.0 Å². The van der Waals surface area contributed by atoms with Gasteiger partial charge in [-0.3, -0.25) is 0 Å². The van der Waals surface area contributed by atoms with Crippen molar-refractivity contribution >= 4 is 27.3 Å². The average Bonchev–Trinajstić information content (AvgIpc) is 3.06. The lowest BCUT2D eigenvalue weighted by Crippen LogP contribution is -2.30. The second-order valence-corrected chi connectivity index (χ2v) is 8.56. The average molecular weight is 317 g/mol. The molecule has 3 atom stereocenters. The Morgan fingerprint density at radius 1 is 1.30 bits per heavy atom. The monoisotopic (exact) mass is 317 g/mol. The molecule has 1 aliphatic carbocycles. The second-order valence-electron chi connectivity index (χ2n) is 5.31. The van der Waals surface area contributed by atoms with Crippen LogP contribution >= 0.6 is 11.3 Å². The van der Waals surface area contributed by atoms with Crippen LogP contribution in [-0.4, -0.2) is 48.1 Å². The molecule has 20 heavy (non-hydrogen) atoms. The van der Waals surface area contributed by atoms with Gasteiger partial charge in [-0.1, -0.05) is 0 Å². The van der Waals surface area contributed by atoms with Crippen LogP contribution in [0.5, 0.6) is 0 Å². The Bertz CT molecular complexity index is 638. The van der Waals surface area contributed by atoms with Crippen molar-refractivity contribution in [1.82, 2.24) is 4.31 Å². The van der Waals surface area contributed by atoms with E-state index in [2.05, 4.69) is 0 Å². The highest BCUT2D eigenvalue weighted by atomic mass is 32.2. The maximum Gasteiger partial charge on any atom is 0.345 e. The van der Waals surface area contributed by atoms with Crippen molar-refractivity contribution in [3.63, 3.8) is 0 Å². The molecule has 0 aromatic carbocycles. The van der Waals surface area contributed by atoms with Crippen LogP contribution in [0.2, 0.25) is 0 Å². The van der Waals surface area contributed by atoms with Gasteiger partial charge >= 0.3 is 5.97 Å². The molecule has 1 aromatic rings. The molecule has 0 spiro atoms. The Kier molecular flexibility index (Phi) is 3.36. The van der Waals surface area contributed by atoms with Crippen molar-refractivity contribution in [2.24, 2.45) is 11.8 Å². The normalized spacial score (nSPS) is 30.6. The summed E-state index contributed by atoms with van der Waals surface area (Å²) in [5, 5.41) is 18.7. The lowest BCUT2D eigenvalue weighted by molar-refractivity contribution is 0.0702. The topological polar surface area (TPSA) is 94.9 Å². The summed E-state index contributed by atoms with van der Waals surface area (Å²) in [5.41, 5.74) is 0. The molecule has 3 rings (SSSR count). The molecule has 8 heteroatoms. The number of thiophene rings is 1. The summed E-state index contributed by atoms with van der Waals surface area (Å²) in [7, 11) is -3.64. The fourth-order valence-corrected chi connectivity index (χ4v) is 5.93. The van der Waals surface area contributed by atoms with E-state index in [0.29, 0.717) is 13.1 Å². The van der Waals surface area contributed by atoms with Crippen molar-refractivity contribution in [3.05, 3.63) is 17.0 Å². The van der Waals surface area contributed by atoms with Gasteiger partial charge in [0, 0.05) is 19.0 Å². The maximum atomic E-state index is 12.5. The second kappa shape index (κ2) is 4.80. The van der Waals surface area contributed by atoms with Gasteiger partial charge in [0.05, 0.1) is 6.10 Å². The van der Waals surface area contributed by atoms with Gasteiger partial charge in [-0.2, -0.15) is 4.31 Å². The molecule has 1 saturated heterocycles. The lowest BCUT2D eigenvalue weighted by Gasteiger charge is -2.17. The van der Waals surface area contributed by atoms with Gasteiger partial charge in [-0.25, -0.2) is 13.2 Å². The number of carboxylic acids is 1. The minimum absolute atomic E-state index is 0.0167. The molecule has 3 unspecified atom stereocenters. The van der Waals surface area contributed by atoms with Gasteiger partial charge in [0.2, 0.25) is 0 Å². The van der Waals surface area contributed by atoms with E-state index in [-0.39, 0.29) is 20.9 Å². The zero-order valence-corrected chi connectivity index (χ0v) is 12.2. The van der Waals surface area contributed by atoms with E-state index >= 15 is 0 Å². The number of hydrogen-bond donors (Lipinski definition) is 2. The van der Waals surface area contributed by atoms with Crippen LogP contribution in [0.15, 0.2) is 16.3 Å². The van der Waals surface area contributed by atoms with Crippen molar-refractivity contribution in [2.45, 2.75) is 23.2 Å². The number of hydrogen-bond acceptors (Lipinski definition) is 5. The minimum Gasteiger partial charge on any atom is -0.477 e. The third-order valence-corrected chi connectivity index (χ3v) is 7.54. The summed E-state index contributed by atoms with van der Waals surface area (Å²) in [6.45, 7) is 0.749. The Morgan fingerprint density at radius 3 is 2.65 bits per heavy atom. The highest BCUT2D eigenvalue weighted by molar-refractivity contribution is 7.91. The van der Waals surface area contributed by atoms with Gasteiger partial charge in [0.25, 0.3) is 10.0 Å². The molecule has 2 N–H and O–H groups in total. The third-order valence-electron chi connectivity index (χ3n) is 4.17. The summed E-state index contributed by atoms with van der Waals surface area (Å²) < 4.78 is 26.4. The Balaban J connectivity index is 1.84. The molecule has 1 aromatic heterocycles. The first-order chi connectivity index (χ1) is 9.39. The number of sulfonamides is 1. The quantitative estimate of drug-likeness (QED) is 0.861. The third kappa shape index (κ3) is 2.16. The molecule has 2 heterocycles. The van der Waals surface area contributed by atoms with E-state index in [0.717, 1.165) is 24.2 Å². The highest BCUT2D eigenvalue weighted by Crippen LogP contribution is 2.40. The number of aliphatic hydroxyl groups is 1. The van der Waals surface area contributed by atoms with Crippen LogP contribution in [0.1, 0.15) is 22.5 Å². The predicted molar refractivity (Wildman–Crippen MR) is 72.3 cm³/mol. The van der Waals surface area contributed by atoms with Crippen LogP contribution in [0.25, 0.3) is 0 Å². The van der Waals surface area contributed by atoms with Crippen molar-refractivity contribution in [1.29, 1.82) is 0 Å². The molecule has 110 valence electrons. The number of nitrogens with zero attached hydrogens (tertiary/aromatic N) is 1. The molecular formula is C12H15NO5S2. The molecular weight excluding hydrogens is 302 g/mol. The Hall–Kier alpha value is -0.960. The molecule has 0 amide bonds. The van der Waals surface area contributed by atoms with Gasteiger partial charge < -0.3 is 10.2 Å². The van der Waals surface area contributed by atoms with E-state index in [9.17, 15) is 18.3 Å². The van der Waals surface area contributed by atoms with E-state index < -0.39 is 22.1 Å². The maximum absolute atomic E-state index is 12.5. The summed E-state index contributed by atoms with van der Waals surface area (Å²) in [5.74, 6) is -0.882. The fraction of sp³-hybridized carbons (Fsp3) is 0.583. The van der Waals surface area contributed by atoms with Crippen LogP contribution in [0, 0.1) is 11.8 Å². The number of aromatic carboxylic acids is 1. The first kappa shape index (κ1) is 14.0. The molecule has 2 aliphatic rings. The summed E-state index contributed by atoms with van der Waals surface area (Å²) in [6.07, 6.45) is 1.17. The molecule has 0 bridgehead atoms. The Morgan fingerprint density at radius 2 is 2.05 bits per heavy atom. The van der Waals surface area contributed by atoms with E-state index in [1.54, 1.807) is 0 Å². The number of fused-ring (bicyclic) bond motifs is 1. The van der Waals surface area contributed by atoms with Gasteiger partial charge in [0.15, 0.2) is 0 Å². The zero-order chi connectivity index (χ0) is 14.5. The SMILES string of the molecule is O=C(O)c1ccc(S(=O)(=O)N2CC3CCC(O)C3C2)s1. The first-order valence-electron chi connectivity index (χ1n) is 6.41. The standard InChI is InChI=1S/C12H15NO5S2/c14-9-2-1-7-5-13(6-8(7)9)20(17,18)11-4-3-10(19-11)12(15)16/h3-4,7-9,14H,1-2,5-6H2,(H,15,16). The van der Waals surface area contributed by atoms with Crippen LogP contribution in [0.4, 0.5) is 0 Å². The highest BCUT2D eigenvalue weighted by Gasteiger charge is 2.46. The molecule has 6 nitrogen and oxygen atoms in total. The first-order valence-corrected chi connectivity index (χ1v) is 8.66. The van der Waals surface area contributed by atoms with E-state index in [4.69, 9.17) is 5.11 Å². The number of aliphatic hydroxyl groups excluding tert-OH is 1. The summed E-state index contributed by atoms with van der Waals surface area (Å²) in [4.78, 5) is 10.9. The van der Waals surface area contributed by atoms with Crippen LogP contribution < -0.4 is 0 Å². The van der Waals surface area contributed by atoms with Gasteiger partial charge in [0.1, 0.15) is 9.09 Å². The predicted octanol–water partition coefficient (Wildman–Crippen LogP) is 0.838. The molecule has 1 aliphatic heterocycles. The van der Waals surface area contributed by atoms with Gasteiger partial charge in [-0.05, 0) is 30.9 Å². The minimum atomic E-state index is -3.64. The fourth-order valence-electron chi connectivity index (χ4n) is 3.09. The molecule has 2 fully saturated rings. The number of carbonyl (C=O) groups is 1. The molecule has 0 radical (unpaired) electrons. The number of carboxylic acid groups (broad SMARTS) is 1. The van der Waals surface area contributed by atoms with E-state index in [1.165, 1.54) is 16.4 Å². The zero-order valence-electron chi connectivity index (χ0n) is 10.6.